The number of aromatic carboxylic acids is 1. The van der Waals surface area contributed by atoms with Crippen molar-refractivity contribution in [3.63, 3.8) is 0 Å². The number of aryl methyl sites for hydroxylation is 1. The van der Waals surface area contributed by atoms with Crippen LogP contribution in [-0.4, -0.2) is 49.6 Å². The standard InChI is InChI=1S/C20H20N4O4/c1-12-8-17-21-10-16(19(26)24(17)22-12)18(25)23-7-3-6-15(11-23)13-4-2-5-14(9-13)20(27)28/h2,4-5,8-10,15,22H,3,6-7,11H2,1H3,(H,27,28)/t15-/m1/s1. The van der Waals surface area contributed by atoms with Crippen LogP contribution in [0.15, 0.2) is 41.3 Å². The predicted molar refractivity (Wildman–Crippen MR) is 102 cm³/mol. The molecule has 0 radical (unpaired) electrons. The highest BCUT2D eigenvalue weighted by atomic mass is 16.4. The molecule has 0 spiro atoms. The lowest BCUT2D eigenvalue weighted by Gasteiger charge is -2.33. The molecule has 2 aromatic heterocycles. The Labute approximate surface area is 160 Å². The van der Waals surface area contributed by atoms with E-state index in [9.17, 15) is 19.5 Å². The van der Waals surface area contributed by atoms with Crippen LogP contribution in [0.1, 0.15) is 50.7 Å². The van der Waals surface area contributed by atoms with Crippen molar-refractivity contribution in [3.05, 3.63) is 69.3 Å². The van der Waals surface area contributed by atoms with Gasteiger partial charge in [-0.2, -0.15) is 0 Å². The first kappa shape index (κ1) is 18.0. The van der Waals surface area contributed by atoms with Gasteiger partial charge in [0, 0.05) is 37.0 Å². The van der Waals surface area contributed by atoms with Crippen molar-refractivity contribution < 1.29 is 14.7 Å². The van der Waals surface area contributed by atoms with Crippen LogP contribution in [0.2, 0.25) is 0 Å². The summed E-state index contributed by atoms with van der Waals surface area (Å²) in [6, 6.07) is 8.55. The number of piperidine rings is 1. The van der Waals surface area contributed by atoms with Crippen molar-refractivity contribution in [1.29, 1.82) is 0 Å². The monoisotopic (exact) mass is 380 g/mol. The molecule has 28 heavy (non-hydrogen) atoms. The zero-order valence-electron chi connectivity index (χ0n) is 15.4. The molecule has 1 aliphatic rings. The molecule has 8 heteroatoms. The zero-order chi connectivity index (χ0) is 19.8. The summed E-state index contributed by atoms with van der Waals surface area (Å²) in [5.74, 6) is -1.29. The van der Waals surface area contributed by atoms with E-state index >= 15 is 0 Å². The topological polar surface area (TPSA) is 108 Å². The maximum atomic E-state index is 13.0. The molecular weight excluding hydrogens is 360 g/mol. The Morgan fingerprint density at radius 3 is 2.89 bits per heavy atom. The molecule has 1 fully saturated rings. The second-order valence-electron chi connectivity index (χ2n) is 7.13. The van der Waals surface area contributed by atoms with Gasteiger partial charge in [-0.1, -0.05) is 12.1 Å². The van der Waals surface area contributed by atoms with E-state index < -0.39 is 11.5 Å². The normalized spacial score (nSPS) is 17.0. The second-order valence-corrected chi connectivity index (χ2v) is 7.13. The van der Waals surface area contributed by atoms with Gasteiger partial charge in [-0.05, 0) is 37.5 Å². The van der Waals surface area contributed by atoms with Crippen molar-refractivity contribution >= 4 is 17.5 Å². The number of hydrogen-bond donors (Lipinski definition) is 2. The molecule has 0 aliphatic carbocycles. The van der Waals surface area contributed by atoms with Crippen LogP contribution in [0, 0.1) is 6.92 Å². The summed E-state index contributed by atoms with van der Waals surface area (Å²) < 4.78 is 1.28. The van der Waals surface area contributed by atoms with Gasteiger partial charge in [0.15, 0.2) is 5.65 Å². The van der Waals surface area contributed by atoms with Gasteiger partial charge in [0.25, 0.3) is 11.5 Å². The minimum Gasteiger partial charge on any atom is -0.478 e. The average Bonchev–Trinajstić information content (AvgIpc) is 3.09. The van der Waals surface area contributed by atoms with Gasteiger partial charge in [-0.15, -0.1) is 0 Å². The first-order chi connectivity index (χ1) is 13.4. The van der Waals surface area contributed by atoms with E-state index in [2.05, 4.69) is 10.1 Å². The first-order valence-corrected chi connectivity index (χ1v) is 9.14. The van der Waals surface area contributed by atoms with Crippen LogP contribution in [0.4, 0.5) is 0 Å². The number of nitrogens with zero attached hydrogens (tertiary/aromatic N) is 3. The number of carboxylic acid groups (broad SMARTS) is 1. The highest BCUT2D eigenvalue weighted by Crippen LogP contribution is 2.28. The average molecular weight is 380 g/mol. The van der Waals surface area contributed by atoms with E-state index in [-0.39, 0.29) is 23.0 Å². The lowest BCUT2D eigenvalue weighted by atomic mass is 9.89. The second kappa shape index (κ2) is 6.95. The van der Waals surface area contributed by atoms with E-state index in [4.69, 9.17) is 0 Å². The van der Waals surface area contributed by atoms with Gasteiger partial charge in [0.2, 0.25) is 0 Å². The summed E-state index contributed by atoms with van der Waals surface area (Å²) in [4.78, 5) is 42.8. The van der Waals surface area contributed by atoms with Crippen molar-refractivity contribution in [1.82, 2.24) is 19.5 Å². The maximum Gasteiger partial charge on any atom is 0.335 e. The largest absolute Gasteiger partial charge is 0.478 e. The van der Waals surface area contributed by atoms with Crippen LogP contribution in [0.25, 0.3) is 5.65 Å². The first-order valence-electron chi connectivity index (χ1n) is 9.14. The molecule has 144 valence electrons. The zero-order valence-corrected chi connectivity index (χ0v) is 15.4. The number of carbonyl (C=O) groups is 2. The Morgan fingerprint density at radius 1 is 1.29 bits per heavy atom. The number of carbonyl (C=O) groups excluding carboxylic acids is 1. The van der Waals surface area contributed by atoms with Crippen molar-refractivity contribution in [2.75, 3.05) is 13.1 Å². The lowest BCUT2D eigenvalue weighted by molar-refractivity contribution is 0.0687. The fraction of sp³-hybridized carbons (Fsp3) is 0.300. The molecule has 1 saturated heterocycles. The van der Waals surface area contributed by atoms with Crippen molar-refractivity contribution in [2.45, 2.75) is 25.7 Å². The Balaban J connectivity index is 1.60. The summed E-state index contributed by atoms with van der Waals surface area (Å²) in [6.07, 6.45) is 2.98. The summed E-state index contributed by atoms with van der Waals surface area (Å²) in [6.45, 7) is 2.81. The van der Waals surface area contributed by atoms with E-state index in [0.717, 1.165) is 24.1 Å². The molecule has 2 N–H and O–H groups in total. The number of benzene rings is 1. The third-order valence-corrected chi connectivity index (χ3v) is 5.17. The van der Waals surface area contributed by atoms with Gasteiger partial charge in [-0.25, -0.2) is 14.3 Å². The number of aromatic nitrogens is 3. The molecule has 1 amide bonds. The molecule has 0 saturated carbocycles. The number of carboxylic acids is 1. The van der Waals surface area contributed by atoms with Gasteiger partial charge in [0.05, 0.1) is 5.56 Å². The number of rotatable bonds is 3. The number of amides is 1. The van der Waals surface area contributed by atoms with Crippen LogP contribution >= 0.6 is 0 Å². The minimum absolute atomic E-state index is 0.0271. The van der Waals surface area contributed by atoms with Gasteiger partial charge in [0.1, 0.15) is 5.56 Å². The Bertz CT molecular complexity index is 1130. The van der Waals surface area contributed by atoms with Crippen molar-refractivity contribution in [2.24, 2.45) is 0 Å². The molecule has 1 aliphatic heterocycles. The van der Waals surface area contributed by atoms with Crippen LogP contribution in [-0.2, 0) is 0 Å². The molecule has 4 rings (SSSR count). The van der Waals surface area contributed by atoms with Gasteiger partial charge < -0.3 is 10.0 Å². The number of nitrogens with one attached hydrogen (secondary N) is 1. The van der Waals surface area contributed by atoms with E-state index in [1.54, 1.807) is 29.2 Å². The van der Waals surface area contributed by atoms with Crippen molar-refractivity contribution in [3.8, 4) is 0 Å². The molecule has 3 aromatic rings. The van der Waals surface area contributed by atoms with Gasteiger partial charge in [-0.3, -0.25) is 14.7 Å². The molecule has 0 unspecified atom stereocenters. The minimum atomic E-state index is -0.973. The van der Waals surface area contributed by atoms with Gasteiger partial charge >= 0.3 is 5.97 Å². The fourth-order valence-electron chi connectivity index (χ4n) is 3.76. The Hall–Kier alpha value is -3.42. The molecule has 3 heterocycles. The molecule has 1 aromatic carbocycles. The molecule has 0 bridgehead atoms. The molecule has 1 atom stereocenters. The smallest absolute Gasteiger partial charge is 0.335 e. The highest BCUT2D eigenvalue weighted by Gasteiger charge is 2.28. The summed E-state index contributed by atoms with van der Waals surface area (Å²) in [5, 5.41) is 12.1. The van der Waals surface area contributed by atoms with Crippen LogP contribution < -0.4 is 5.56 Å². The number of fused-ring (bicyclic) bond motifs is 1. The maximum absolute atomic E-state index is 13.0. The molecular formula is C20H20N4O4. The lowest BCUT2D eigenvalue weighted by Crippen LogP contribution is -2.41. The Kier molecular flexibility index (Phi) is 4.46. The van der Waals surface area contributed by atoms with E-state index in [1.807, 2.05) is 13.0 Å². The summed E-state index contributed by atoms with van der Waals surface area (Å²) in [5.41, 5.74) is 1.99. The fourth-order valence-corrected chi connectivity index (χ4v) is 3.76. The SMILES string of the molecule is Cc1cc2ncc(C(=O)N3CCC[C@@H](c4cccc(C(=O)O)c4)C3)c(=O)n2[nH]1. The number of aromatic amines is 1. The number of H-pyrrole nitrogens is 1. The van der Waals surface area contributed by atoms with Crippen LogP contribution in [0.5, 0.6) is 0 Å². The molecule has 8 nitrogen and oxygen atoms in total. The quantitative estimate of drug-likeness (QED) is 0.723. The number of hydrogen-bond acceptors (Lipinski definition) is 4. The summed E-state index contributed by atoms with van der Waals surface area (Å²) >= 11 is 0. The van der Waals surface area contributed by atoms with E-state index in [0.29, 0.717) is 18.7 Å². The van der Waals surface area contributed by atoms with Crippen LogP contribution in [0.3, 0.4) is 0 Å². The predicted octanol–water partition coefficient (Wildman–Crippen LogP) is 2.05. The summed E-state index contributed by atoms with van der Waals surface area (Å²) in [7, 11) is 0. The highest BCUT2D eigenvalue weighted by molar-refractivity contribution is 5.94. The third kappa shape index (κ3) is 3.17. The van der Waals surface area contributed by atoms with E-state index in [1.165, 1.54) is 10.7 Å². The number of likely N-dealkylation sites (tertiary alicyclic amines) is 1. The Morgan fingerprint density at radius 2 is 2.11 bits per heavy atom. The third-order valence-electron chi connectivity index (χ3n) is 5.17.